The number of amides is 1. The van der Waals surface area contributed by atoms with E-state index in [1.807, 2.05) is 0 Å². The monoisotopic (exact) mass is 288 g/mol. The molecule has 1 amide bonds. The number of nitrogens with two attached hydrogens (primary N) is 1. The van der Waals surface area contributed by atoms with Crippen molar-refractivity contribution < 1.29 is 22.7 Å². The van der Waals surface area contributed by atoms with Gasteiger partial charge in [0.2, 0.25) is 0 Å². The average Bonchev–Trinajstić information content (AvgIpc) is 2.56. The normalized spacial score (nSPS) is 20.1. The number of benzene rings is 1. The van der Waals surface area contributed by atoms with E-state index >= 15 is 0 Å². The fraction of sp³-hybridized carbons (Fsp3) is 0.462. The maximum atomic E-state index is 12.5. The van der Waals surface area contributed by atoms with E-state index in [4.69, 9.17) is 10.5 Å². The van der Waals surface area contributed by atoms with Gasteiger partial charge in [-0.3, -0.25) is 4.79 Å². The third kappa shape index (κ3) is 3.34. The fourth-order valence-electron chi connectivity index (χ4n) is 2.01. The highest BCUT2D eigenvalue weighted by Crippen LogP contribution is 2.34. The maximum Gasteiger partial charge on any atom is 0.416 e. The van der Waals surface area contributed by atoms with Crippen molar-refractivity contribution in [2.45, 2.75) is 31.5 Å². The number of hydrogen-bond acceptors (Lipinski definition) is 3. The highest BCUT2D eigenvalue weighted by molar-refractivity contribution is 5.81. The van der Waals surface area contributed by atoms with E-state index in [0.29, 0.717) is 13.0 Å². The molecule has 0 saturated carbocycles. The van der Waals surface area contributed by atoms with Gasteiger partial charge in [0.1, 0.15) is 5.75 Å². The molecule has 0 bridgehead atoms. The summed E-state index contributed by atoms with van der Waals surface area (Å²) in [5.74, 6) is -0.165. The van der Waals surface area contributed by atoms with Crippen LogP contribution in [0.4, 0.5) is 18.9 Å². The topological polar surface area (TPSA) is 64.3 Å². The molecule has 7 heteroatoms. The molecule has 0 aromatic heterocycles. The lowest BCUT2D eigenvalue weighted by atomic mass is 10.1. The molecular weight excluding hydrogens is 273 g/mol. The van der Waals surface area contributed by atoms with Gasteiger partial charge in [-0.2, -0.15) is 13.2 Å². The molecule has 1 saturated heterocycles. The molecule has 20 heavy (non-hydrogen) atoms. The summed E-state index contributed by atoms with van der Waals surface area (Å²) in [5, 5.41) is 2.69. The first-order valence-electron chi connectivity index (χ1n) is 6.29. The van der Waals surface area contributed by atoms with Gasteiger partial charge in [-0.05, 0) is 37.5 Å². The molecule has 1 aliphatic heterocycles. The zero-order chi connectivity index (χ0) is 14.8. The highest BCUT2D eigenvalue weighted by atomic mass is 19.4. The number of rotatable bonds is 2. The first-order chi connectivity index (χ1) is 9.38. The first kappa shape index (κ1) is 14.5. The van der Waals surface area contributed by atoms with E-state index in [-0.39, 0.29) is 17.3 Å². The number of nitrogens with one attached hydrogen (secondary N) is 1. The van der Waals surface area contributed by atoms with Crippen molar-refractivity contribution in [1.29, 1.82) is 0 Å². The van der Waals surface area contributed by atoms with Crippen molar-refractivity contribution in [2.24, 2.45) is 0 Å². The summed E-state index contributed by atoms with van der Waals surface area (Å²) < 4.78 is 43.0. The third-order valence-electron chi connectivity index (χ3n) is 3.09. The Bertz CT molecular complexity index is 503. The fourth-order valence-corrected chi connectivity index (χ4v) is 2.01. The van der Waals surface area contributed by atoms with Gasteiger partial charge in [-0.25, -0.2) is 0 Å². The number of carbonyl (C=O) groups excluding carboxylic acids is 1. The van der Waals surface area contributed by atoms with Crippen molar-refractivity contribution in [3.63, 3.8) is 0 Å². The number of halogens is 3. The van der Waals surface area contributed by atoms with Crippen LogP contribution >= 0.6 is 0 Å². The lowest BCUT2D eigenvalue weighted by molar-refractivity contribution is -0.137. The Balaban J connectivity index is 2.15. The van der Waals surface area contributed by atoms with Gasteiger partial charge in [0, 0.05) is 6.54 Å². The Morgan fingerprint density at radius 2 is 2.05 bits per heavy atom. The van der Waals surface area contributed by atoms with E-state index in [1.165, 1.54) is 0 Å². The molecule has 1 unspecified atom stereocenters. The summed E-state index contributed by atoms with van der Waals surface area (Å²) in [7, 11) is 0. The van der Waals surface area contributed by atoms with Gasteiger partial charge in [-0.1, -0.05) is 0 Å². The zero-order valence-corrected chi connectivity index (χ0v) is 10.7. The smallest absolute Gasteiger partial charge is 0.416 e. The van der Waals surface area contributed by atoms with Crippen LogP contribution < -0.4 is 15.8 Å². The Hall–Kier alpha value is -1.92. The minimum atomic E-state index is -4.45. The van der Waals surface area contributed by atoms with Crippen LogP contribution in [-0.4, -0.2) is 18.6 Å². The lowest BCUT2D eigenvalue weighted by Gasteiger charge is -2.18. The van der Waals surface area contributed by atoms with Gasteiger partial charge in [0.05, 0.1) is 11.3 Å². The molecule has 110 valence electrons. The molecule has 0 radical (unpaired) electrons. The van der Waals surface area contributed by atoms with Gasteiger partial charge in [0.25, 0.3) is 5.91 Å². The molecule has 1 heterocycles. The Morgan fingerprint density at radius 1 is 1.30 bits per heavy atom. The molecule has 1 aromatic carbocycles. The van der Waals surface area contributed by atoms with E-state index in [9.17, 15) is 18.0 Å². The van der Waals surface area contributed by atoms with E-state index in [1.54, 1.807) is 0 Å². The summed E-state index contributed by atoms with van der Waals surface area (Å²) in [4.78, 5) is 11.7. The van der Waals surface area contributed by atoms with Gasteiger partial charge >= 0.3 is 6.18 Å². The van der Waals surface area contributed by atoms with Crippen molar-refractivity contribution in [1.82, 2.24) is 5.32 Å². The summed E-state index contributed by atoms with van der Waals surface area (Å²) >= 11 is 0. The molecular formula is C13H15F3N2O2. The second-order valence-corrected chi connectivity index (χ2v) is 4.64. The number of ether oxygens (including phenoxy) is 1. The average molecular weight is 288 g/mol. The van der Waals surface area contributed by atoms with Crippen molar-refractivity contribution in [3.05, 3.63) is 23.8 Å². The SMILES string of the molecule is Nc1cc(C(F)(F)F)ccc1OC1CCCCNC1=O. The standard InChI is InChI=1S/C13H15F3N2O2/c14-13(15,16)8-4-5-10(9(17)7-8)20-11-3-1-2-6-18-12(11)19/h4-5,7,11H,1-3,6,17H2,(H,18,19). The minimum absolute atomic E-state index is 0.0973. The van der Waals surface area contributed by atoms with Crippen LogP contribution in [0.2, 0.25) is 0 Å². The molecule has 1 atom stereocenters. The van der Waals surface area contributed by atoms with Gasteiger partial charge in [0.15, 0.2) is 6.10 Å². The molecule has 1 fully saturated rings. The molecule has 3 N–H and O–H groups in total. The molecule has 1 aliphatic rings. The lowest BCUT2D eigenvalue weighted by Crippen LogP contribution is -2.36. The number of anilines is 1. The summed E-state index contributed by atoms with van der Waals surface area (Å²) in [5.41, 5.74) is 4.60. The Labute approximate surface area is 114 Å². The van der Waals surface area contributed by atoms with Gasteiger partial charge in [-0.15, -0.1) is 0 Å². The molecule has 4 nitrogen and oxygen atoms in total. The number of alkyl halides is 3. The van der Waals surface area contributed by atoms with Crippen LogP contribution in [0.25, 0.3) is 0 Å². The van der Waals surface area contributed by atoms with Crippen LogP contribution in [0.1, 0.15) is 24.8 Å². The predicted molar refractivity (Wildman–Crippen MR) is 67.1 cm³/mol. The van der Waals surface area contributed by atoms with Crippen molar-refractivity contribution in [3.8, 4) is 5.75 Å². The van der Waals surface area contributed by atoms with Crippen molar-refractivity contribution in [2.75, 3.05) is 12.3 Å². The van der Waals surface area contributed by atoms with Crippen LogP contribution in [0.15, 0.2) is 18.2 Å². The second-order valence-electron chi connectivity index (χ2n) is 4.64. The van der Waals surface area contributed by atoms with Crippen LogP contribution in [0, 0.1) is 0 Å². The largest absolute Gasteiger partial charge is 0.478 e. The second kappa shape index (κ2) is 5.60. The molecule has 0 spiro atoms. The maximum absolute atomic E-state index is 12.5. The molecule has 1 aromatic rings. The predicted octanol–water partition coefficient (Wildman–Crippen LogP) is 2.34. The molecule has 2 rings (SSSR count). The van der Waals surface area contributed by atoms with Crippen LogP contribution in [0.3, 0.4) is 0 Å². The van der Waals surface area contributed by atoms with E-state index < -0.39 is 17.8 Å². The quantitative estimate of drug-likeness (QED) is 0.821. The number of hydrogen-bond donors (Lipinski definition) is 2. The van der Waals surface area contributed by atoms with Crippen molar-refractivity contribution >= 4 is 11.6 Å². The third-order valence-corrected chi connectivity index (χ3v) is 3.09. The highest BCUT2D eigenvalue weighted by Gasteiger charge is 2.31. The summed E-state index contributed by atoms with van der Waals surface area (Å²) in [6.45, 7) is 0.585. The summed E-state index contributed by atoms with van der Waals surface area (Å²) in [6.07, 6.45) is -2.98. The van der Waals surface area contributed by atoms with E-state index in [0.717, 1.165) is 31.0 Å². The molecule has 0 aliphatic carbocycles. The zero-order valence-electron chi connectivity index (χ0n) is 10.7. The number of carbonyl (C=O) groups is 1. The van der Waals surface area contributed by atoms with Crippen LogP contribution in [0.5, 0.6) is 5.75 Å². The Kier molecular flexibility index (Phi) is 4.06. The van der Waals surface area contributed by atoms with E-state index in [2.05, 4.69) is 5.32 Å². The van der Waals surface area contributed by atoms with Crippen LogP contribution in [-0.2, 0) is 11.0 Å². The summed E-state index contributed by atoms with van der Waals surface area (Å²) in [6, 6.07) is 2.85. The Morgan fingerprint density at radius 3 is 2.70 bits per heavy atom. The minimum Gasteiger partial charge on any atom is -0.478 e. The first-order valence-corrected chi connectivity index (χ1v) is 6.29. The van der Waals surface area contributed by atoms with Gasteiger partial charge < -0.3 is 15.8 Å². The number of nitrogen functional groups attached to an aromatic ring is 1.